The van der Waals surface area contributed by atoms with Crippen molar-refractivity contribution in [3.05, 3.63) is 29.0 Å². The van der Waals surface area contributed by atoms with Crippen molar-refractivity contribution in [1.82, 2.24) is 4.98 Å². The molecule has 0 bridgehead atoms. The molecule has 1 aromatic heterocycles. The molecule has 0 aliphatic carbocycles. The van der Waals surface area contributed by atoms with E-state index in [1.54, 1.807) is 6.07 Å². The van der Waals surface area contributed by atoms with Crippen molar-refractivity contribution in [3.8, 4) is 0 Å². The van der Waals surface area contributed by atoms with Gasteiger partial charge < -0.3 is 5.73 Å². The van der Waals surface area contributed by atoms with E-state index in [9.17, 15) is 4.39 Å². The van der Waals surface area contributed by atoms with Crippen molar-refractivity contribution in [1.29, 1.82) is 0 Å². The topological polar surface area (TPSA) is 38.9 Å². The van der Waals surface area contributed by atoms with Crippen LogP contribution in [0.4, 0.5) is 4.39 Å². The molecule has 2 rings (SSSR count). The van der Waals surface area contributed by atoms with Crippen molar-refractivity contribution in [2.24, 2.45) is 5.73 Å². The SMILES string of the molecule is CCCC(C)(N)c1nc2ccc(F)cc2s1. The van der Waals surface area contributed by atoms with Crippen LogP contribution in [0, 0.1) is 5.82 Å². The van der Waals surface area contributed by atoms with Gasteiger partial charge in [-0.1, -0.05) is 13.3 Å². The lowest BCUT2D eigenvalue weighted by atomic mass is 9.99. The molecular formula is C12H15FN2S. The molecule has 0 amide bonds. The fourth-order valence-electron chi connectivity index (χ4n) is 1.77. The zero-order valence-electron chi connectivity index (χ0n) is 9.46. The number of benzene rings is 1. The van der Waals surface area contributed by atoms with Crippen molar-refractivity contribution in [3.63, 3.8) is 0 Å². The Morgan fingerprint density at radius 2 is 2.25 bits per heavy atom. The Balaban J connectivity index is 2.46. The second-order valence-electron chi connectivity index (χ2n) is 4.30. The van der Waals surface area contributed by atoms with E-state index in [-0.39, 0.29) is 5.82 Å². The van der Waals surface area contributed by atoms with E-state index in [0.29, 0.717) is 0 Å². The molecule has 0 saturated heterocycles. The Labute approximate surface area is 98.3 Å². The minimum Gasteiger partial charge on any atom is -0.320 e. The molecule has 0 fully saturated rings. The summed E-state index contributed by atoms with van der Waals surface area (Å²) >= 11 is 1.48. The first-order valence-electron chi connectivity index (χ1n) is 5.38. The van der Waals surface area contributed by atoms with Crippen LogP contribution in [0.5, 0.6) is 0 Å². The molecule has 16 heavy (non-hydrogen) atoms. The van der Waals surface area contributed by atoms with Crippen LogP contribution >= 0.6 is 11.3 Å². The smallest absolute Gasteiger partial charge is 0.124 e. The van der Waals surface area contributed by atoms with Gasteiger partial charge in [0.1, 0.15) is 10.8 Å². The Morgan fingerprint density at radius 1 is 1.50 bits per heavy atom. The Kier molecular flexibility index (Phi) is 2.95. The highest BCUT2D eigenvalue weighted by molar-refractivity contribution is 7.18. The number of nitrogens with zero attached hydrogens (tertiary/aromatic N) is 1. The average molecular weight is 238 g/mol. The van der Waals surface area contributed by atoms with Crippen molar-refractivity contribution in [2.75, 3.05) is 0 Å². The molecule has 4 heteroatoms. The molecule has 86 valence electrons. The van der Waals surface area contributed by atoms with Crippen LogP contribution < -0.4 is 5.73 Å². The number of rotatable bonds is 3. The van der Waals surface area contributed by atoms with Gasteiger partial charge in [0.2, 0.25) is 0 Å². The molecule has 2 aromatic rings. The van der Waals surface area contributed by atoms with Gasteiger partial charge in [0.15, 0.2) is 0 Å². The maximum absolute atomic E-state index is 13.0. The van der Waals surface area contributed by atoms with E-state index in [2.05, 4.69) is 11.9 Å². The standard InChI is InChI=1S/C12H15FN2S/c1-3-6-12(2,14)11-15-9-5-4-8(13)7-10(9)16-11/h4-5,7H,3,6,14H2,1-2H3. The summed E-state index contributed by atoms with van der Waals surface area (Å²) in [5.74, 6) is -0.225. The lowest BCUT2D eigenvalue weighted by Crippen LogP contribution is -2.32. The van der Waals surface area contributed by atoms with Gasteiger partial charge in [-0.05, 0) is 31.5 Å². The molecule has 1 atom stereocenters. The van der Waals surface area contributed by atoms with Gasteiger partial charge in [0, 0.05) is 0 Å². The maximum Gasteiger partial charge on any atom is 0.124 e. The van der Waals surface area contributed by atoms with Crippen molar-refractivity contribution in [2.45, 2.75) is 32.2 Å². The van der Waals surface area contributed by atoms with Gasteiger partial charge in [-0.15, -0.1) is 11.3 Å². The fraction of sp³-hybridized carbons (Fsp3) is 0.417. The molecular weight excluding hydrogens is 223 g/mol. The molecule has 1 heterocycles. The van der Waals surface area contributed by atoms with E-state index in [0.717, 1.165) is 28.1 Å². The quantitative estimate of drug-likeness (QED) is 0.890. The lowest BCUT2D eigenvalue weighted by molar-refractivity contribution is 0.445. The summed E-state index contributed by atoms with van der Waals surface area (Å²) in [6.45, 7) is 4.07. The van der Waals surface area contributed by atoms with Gasteiger partial charge >= 0.3 is 0 Å². The highest BCUT2D eigenvalue weighted by Crippen LogP contribution is 2.31. The third-order valence-corrected chi connectivity index (χ3v) is 3.91. The summed E-state index contributed by atoms with van der Waals surface area (Å²) in [4.78, 5) is 4.47. The van der Waals surface area contributed by atoms with Gasteiger partial charge in [0.05, 0.1) is 15.8 Å². The van der Waals surface area contributed by atoms with Crippen LogP contribution in [0.1, 0.15) is 31.7 Å². The summed E-state index contributed by atoms with van der Waals surface area (Å²) in [5, 5.41) is 0.884. The summed E-state index contributed by atoms with van der Waals surface area (Å²) in [5.41, 5.74) is 6.62. The molecule has 1 unspecified atom stereocenters. The van der Waals surface area contributed by atoms with Crippen LogP contribution in [0.15, 0.2) is 18.2 Å². The van der Waals surface area contributed by atoms with Crippen LogP contribution in [0.2, 0.25) is 0 Å². The molecule has 2 N–H and O–H groups in total. The molecule has 0 spiro atoms. The number of nitrogens with two attached hydrogens (primary N) is 1. The lowest BCUT2D eigenvalue weighted by Gasteiger charge is -2.20. The largest absolute Gasteiger partial charge is 0.320 e. The first-order valence-corrected chi connectivity index (χ1v) is 6.20. The van der Waals surface area contributed by atoms with Gasteiger partial charge in [-0.3, -0.25) is 0 Å². The number of halogens is 1. The molecule has 0 aliphatic heterocycles. The number of hydrogen-bond donors (Lipinski definition) is 1. The van der Waals surface area contributed by atoms with Crippen molar-refractivity contribution >= 4 is 21.6 Å². The van der Waals surface area contributed by atoms with Gasteiger partial charge in [0.25, 0.3) is 0 Å². The van der Waals surface area contributed by atoms with E-state index in [1.807, 2.05) is 6.92 Å². The van der Waals surface area contributed by atoms with E-state index < -0.39 is 5.54 Å². The molecule has 2 nitrogen and oxygen atoms in total. The third kappa shape index (κ3) is 2.08. The van der Waals surface area contributed by atoms with Crippen LogP contribution in [0.25, 0.3) is 10.2 Å². The molecule has 0 saturated carbocycles. The number of hydrogen-bond acceptors (Lipinski definition) is 3. The minimum atomic E-state index is -0.408. The van der Waals surface area contributed by atoms with E-state index in [4.69, 9.17) is 5.73 Å². The van der Waals surface area contributed by atoms with Gasteiger partial charge in [-0.25, -0.2) is 9.37 Å². The molecule has 1 aromatic carbocycles. The average Bonchev–Trinajstić information content (AvgIpc) is 2.61. The normalized spacial score (nSPS) is 15.2. The molecule has 0 radical (unpaired) electrons. The van der Waals surface area contributed by atoms with Crippen LogP contribution in [-0.4, -0.2) is 4.98 Å². The Morgan fingerprint density at radius 3 is 2.94 bits per heavy atom. The Bertz CT molecular complexity index is 505. The number of aromatic nitrogens is 1. The monoisotopic (exact) mass is 238 g/mol. The van der Waals surface area contributed by atoms with Crippen molar-refractivity contribution < 1.29 is 4.39 Å². The predicted molar refractivity (Wildman–Crippen MR) is 66.0 cm³/mol. The second kappa shape index (κ2) is 4.11. The number of thiazole rings is 1. The van der Waals surface area contributed by atoms with Gasteiger partial charge in [-0.2, -0.15) is 0 Å². The van der Waals surface area contributed by atoms with E-state index in [1.165, 1.54) is 23.5 Å². The summed E-state index contributed by atoms with van der Waals surface area (Å²) < 4.78 is 13.9. The summed E-state index contributed by atoms with van der Waals surface area (Å²) in [7, 11) is 0. The zero-order chi connectivity index (χ0) is 11.8. The Hall–Kier alpha value is -1.000. The van der Waals surface area contributed by atoms with Crippen LogP contribution in [0.3, 0.4) is 0 Å². The second-order valence-corrected chi connectivity index (χ2v) is 5.33. The van der Waals surface area contributed by atoms with Crippen LogP contribution in [-0.2, 0) is 5.54 Å². The molecule has 0 aliphatic rings. The zero-order valence-corrected chi connectivity index (χ0v) is 10.3. The summed E-state index contributed by atoms with van der Waals surface area (Å²) in [6, 6.07) is 4.64. The highest BCUT2D eigenvalue weighted by atomic mass is 32.1. The summed E-state index contributed by atoms with van der Waals surface area (Å²) in [6.07, 6.45) is 1.90. The first kappa shape index (κ1) is 11.5. The maximum atomic E-state index is 13.0. The fourth-order valence-corrected chi connectivity index (χ4v) is 2.85. The third-order valence-electron chi connectivity index (χ3n) is 2.61. The predicted octanol–water partition coefficient (Wildman–Crippen LogP) is 3.41. The number of fused-ring (bicyclic) bond motifs is 1. The minimum absolute atomic E-state index is 0.225. The van der Waals surface area contributed by atoms with E-state index >= 15 is 0 Å². The highest BCUT2D eigenvalue weighted by Gasteiger charge is 2.24. The first-order chi connectivity index (χ1) is 7.53.